The molecule has 0 aliphatic carbocycles. The van der Waals surface area contributed by atoms with E-state index in [0.717, 1.165) is 21.5 Å². The van der Waals surface area contributed by atoms with E-state index >= 15 is 0 Å². The first-order chi connectivity index (χ1) is 12.1. The van der Waals surface area contributed by atoms with Crippen molar-refractivity contribution in [1.82, 2.24) is 15.0 Å². The van der Waals surface area contributed by atoms with Crippen molar-refractivity contribution in [3.8, 4) is 11.3 Å². The van der Waals surface area contributed by atoms with E-state index in [0.29, 0.717) is 12.5 Å². The molecule has 6 heteroatoms. The Kier molecular flexibility index (Phi) is 5.60. The van der Waals surface area contributed by atoms with Crippen molar-refractivity contribution in [2.45, 2.75) is 26.4 Å². The van der Waals surface area contributed by atoms with E-state index in [1.54, 1.807) is 12.4 Å². The Bertz CT molecular complexity index is 819. The van der Waals surface area contributed by atoms with Crippen LogP contribution in [0.25, 0.3) is 11.3 Å². The predicted molar refractivity (Wildman–Crippen MR) is 105 cm³/mol. The van der Waals surface area contributed by atoms with Gasteiger partial charge in [0.05, 0.1) is 5.69 Å². The number of halogens is 1. The maximum absolute atomic E-state index is 4.60. The molecular formula is C19H20BrN5. The molecule has 0 bridgehead atoms. The van der Waals surface area contributed by atoms with Crippen LogP contribution in [0.2, 0.25) is 0 Å². The van der Waals surface area contributed by atoms with Crippen molar-refractivity contribution < 1.29 is 0 Å². The third-order valence-electron chi connectivity index (χ3n) is 3.49. The molecule has 2 heterocycles. The van der Waals surface area contributed by atoms with Crippen LogP contribution in [0.15, 0.2) is 59.3 Å². The lowest BCUT2D eigenvalue weighted by Crippen LogP contribution is -2.14. The van der Waals surface area contributed by atoms with E-state index in [2.05, 4.69) is 67.5 Å². The smallest absolute Gasteiger partial charge is 0.225 e. The number of nitrogens with zero attached hydrogens (tertiary/aromatic N) is 3. The molecule has 25 heavy (non-hydrogen) atoms. The summed E-state index contributed by atoms with van der Waals surface area (Å²) in [5.74, 6) is 1.38. The first-order valence-corrected chi connectivity index (χ1v) is 8.94. The van der Waals surface area contributed by atoms with Gasteiger partial charge in [0, 0.05) is 41.1 Å². The summed E-state index contributed by atoms with van der Waals surface area (Å²) in [4.78, 5) is 13.3. The Balaban J connectivity index is 1.85. The van der Waals surface area contributed by atoms with Crippen molar-refractivity contribution >= 4 is 27.7 Å². The molecule has 2 N–H and O–H groups in total. The largest absolute Gasteiger partial charge is 0.366 e. The van der Waals surface area contributed by atoms with Crippen molar-refractivity contribution in [1.29, 1.82) is 0 Å². The number of pyridine rings is 1. The highest BCUT2D eigenvalue weighted by Gasteiger charge is 2.08. The van der Waals surface area contributed by atoms with E-state index in [9.17, 15) is 0 Å². The van der Waals surface area contributed by atoms with Gasteiger partial charge in [0.2, 0.25) is 5.95 Å². The van der Waals surface area contributed by atoms with Crippen LogP contribution in [-0.2, 0) is 6.54 Å². The predicted octanol–water partition coefficient (Wildman–Crippen LogP) is 4.73. The highest BCUT2D eigenvalue weighted by Crippen LogP contribution is 2.21. The van der Waals surface area contributed by atoms with Gasteiger partial charge in [-0.15, -0.1) is 0 Å². The summed E-state index contributed by atoms with van der Waals surface area (Å²) >= 11 is 3.45. The number of aromatic nitrogens is 3. The molecule has 0 unspecified atom stereocenters. The van der Waals surface area contributed by atoms with Crippen molar-refractivity contribution in [3.63, 3.8) is 0 Å². The maximum Gasteiger partial charge on any atom is 0.225 e. The molecule has 1 aromatic carbocycles. The molecular weight excluding hydrogens is 378 g/mol. The van der Waals surface area contributed by atoms with Crippen LogP contribution in [0.4, 0.5) is 11.8 Å². The SMILES string of the molecule is CC(C)Nc1nc(NCc2ccc(Br)cc2)cc(-c2cccnc2)n1. The quantitative estimate of drug-likeness (QED) is 0.629. The van der Waals surface area contributed by atoms with Gasteiger partial charge in [-0.3, -0.25) is 4.98 Å². The lowest BCUT2D eigenvalue weighted by Gasteiger charge is -2.13. The van der Waals surface area contributed by atoms with Gasteiger partial charge in [-0.2, -0.15) is 4.98 Å². The van der Waals surface area contributed by atoms with Crippen LogP contribution in [-0.4, -0.2) is 21.0 Å². The molecule has 0 spiro atoms. The summed E-state index contributed by atoms with van der Waals surface area (Å²) in [5.41, 5.74) is 2.98. The van der Waals surface area contributed by atoms with E-state index in [1.807, 2.05) is 30.3 Å². The van der Waals surface area contributed by atoms with E-state index in [-0.39, 0.29) is 6.04 Å². The Morgan fingerprint density at radius 3 is 2.56 bits per heavy atom. The summed E-state index contributed by atoms with van der Waals surface area (Å²) in [7, 11) is 0. The Morgan fingerprint density at radius 1 is 1.08 bits per heavy atom. The van der Waals surface area contributed by atoms with Gasteiger partial charge in [0.15, 0.2) is 0 Å². The fraction of sp³-hybridized carbons (Fsp3) is 0.211. The molecule has 3 rings (SSSR count). The van der Waals surface area contributed by atoms with E-state index in [1.165, 1.54) is 5.56 Å². The van der Waals surface area contributed by atoms with Crippen LogP contribution >= 0.6 is 15.9 Å². The zero-order chi connectivity index (χ0) is 17.6. The van der Waals surface area contributed by atoms with Crippen LogP contribution in [0.3, 0.4) is 0 Å². The normalized spacial score (nSPS) is 10.7. The summed E-state index contributed by atoms with van der Waals surface area (Å²) < 4.78 is 1.07. The summed E-state index contributed by atoms with van der Waals surface area (Å²) in [5, 5.41) is 6.65. The highest BCUT2D eigenvalue weighted by molar-refractivity contribution is 9.10. The van der Waals surface area contributed by atoms with Gasteiger partial charge in [0.25, 0.3) is 0 Å². The number of anilines is 2. The second-order valence-corrected chi connectivity index (χ2v) is 6.90. The van der Waals surface area contributed by atoms with Crippen molar-refractivity contribution in [3.05, 3.63) is 64.9 Å². The third-order valence-corrected chi connectivity index (χ3v) is 4.02. The van der Waals surface area contributed by atoms with Gasteiger partial charge in [-0.25, -0.2) is 4.98 Å². The number of nitrogens with one attached hydrogen (secondary N) is 2. The molecule has 128 valence electrons. The minimum Gasteiger partial charge on any atom is -0.366 e. The number of rotatable bonds is 6. The molecule has 3 aromatic rings. The van der Waals surface area contributed by atoms with Crippen LogP contribution in [0, 0.1) is 0 Å². The number of hydrogen-bond donors (Lipinski definition) is 2. The maximum atomic E-state index is 4.60. The fourth-order valence-corrected chi connectivity index (χ4v) is 2.58. The highest BCUT2D eigenvalue weighted by atomic mass is 79.9. The second kappa shape index (κ2) is 8.07. The van der Waals surface area contributed by atoms with Crippen LogP contribution in [0.5, 0.6) is 0 Å². The van der Waals surface area contributed by atoms with Crippen LogP contribution < -0.4 is 10.6 Å². The molecule has 0 saturated carbocycles. The summed E-state index contributed by atoms with van der Waals surface area (Å²) in [6.45, 7) is 4.82. The van der Waals surface area contributed by atoms with Gasteiger partial charge in [0.1, 0.15) is 5.82 Å². The second-order valence-electron chi connectivity index (χ2n) is 5.98. The van der Waals surface area contributed by atoms with Gasteiger partial charge in [-0.05, 0) is 43.7 Å². The topological polar surface area (TPSA) is 62.7 Å². The van der Waals surface area contributed by atoms with Gasteiger partial charge in [-0.1, -0.05) is 28.1 Å². The monoisotopic (exact) mass is 397 g/mol. The average Bonchev–Trinajstić information content (AvgIpc) is 2.61. The van der Waals surface area contributed by atoms with Gasteiger partial charge < -0.3 is 10.6 Å². The lowest BCUT2D eigenvalue weighted by atomic mass is 10.2. The first-order valence-electron chi connectivity index (χ1n) is 8.14. The average molecular weight is 398 g/mol. The Hall–Kier alpha value is -2.47. The Morgan fingerprint density at radius 2 is 1.88 bits per heavy atom. The molecule has 0 aliphatic heterocycles. The molecule has 0 radical (unpaired) electrons. The molecule has 0 saturated heterocycles. The molecule has 0 fully saturated rings. The molecule has 0 atom stereocenters. The van der Waals surface area contributed by atoms with Crippen molar-refractivity contribution in [2.24, 2.45) is 0 Å². The summed E-state index contributed by atoms with van der Waals surface area (Å²) in [6, 6.07) is 14.3. The third kappa shape index (κ3) is 5.00. The number of hydrogen-bond acceptors (Lipinski definition) is 5. The van der Waals surface area contributed by atoms with Gasteiger partial charge >= 0.3 is 0 Å². The Labute approximate surface area is 156 Å². The molecule has 2 aromatic heterocycles. The molecule has 0 amide bonds. The van der Waals surface area contributed by atoms with Crippen molar-refractivity contribution in [2.75, 3.05) is 10.6 Å². The standard InChI is InChI=1S/C19H20BrN5/c1-13(2)23-19-24-17(15-4-3-9-21-12-15)10-18(25-19)22-11-14-5-7-16(20)8-6-14/h3-10,12-13H,11H2,1-2H3,(H2,22,23,24,25). The summed E-state index contributed by atoms with van der Waals surface area (Å²) in [6.07, 6.45) is 3.56. The minimum absolute atomic E-state index is 0.253. The molecule has 0 aliphatic rings. The van der Waals surface area contributed by atoms with E-state index in [4.69, 9.17) is 0 Å². The van der Waals surface area contributed by atoms with E-state index < -0.39 is 0 Å². The molecule has 5 nitrogen and oxygen atoms in total. The zero-order valence-electron chi connectivity index (χ0n) is 14.2. The van der Waals surface area contributed by atoms with Crippen LogP contribution in [0.1, 0.15) is 19.4 Å². The number of benzene rings is 1. The first kappa shape index (κ1) is 17.4. The minimum atomic E-state index is 0.253. The zero-order valence-corrected chi connectivity index (χ0v) is 15.8. The fourth-order valence-electron chi connectivity index (χ4n) is 2.32. The lowest BCUT2D eigenvalue weighted by molar-refractivity contribution is 0.874.